The Morgan fingerprint density at radius 3 is 2.70 bits per heavy atom. The molecule has 0 aliphatic carbocycles. The van der Waals surface area contributed by atoms with E-state index in [1.54, 1.807) is 11.0 Å². The predicted molar refractivity (Wildman–Crippen MR) is 86.2 cm³/mol. The van der Waals surface area contributed by atoms with Crippen molar-refractivity contribution in [2.24, 2.45) is 0 Å². The van der Waals surface area contributed by atoms with Crippen molar-refractivity contribution < 1.29 is 9.53 Å². The van der Waals surface area contributed by atoms with Gasteiger partial charge in [-0.3, -0.25) is 4.79 Å². The second kappa shape index (κ2) is 6.81. The van der Waals surface area contributed by atoms with Crippen LogP contribution in [0.5, 0.6) is 5.75 Å². The van der Waals surface area contributed by atoms with Crippen LogP contribution in [0.4, 0.5) is 0 Å². The Labute approximate surface area is 136 Å². The van der Waals surface area contributed by atoms with E-state index in [9.17, 15) is 4.79 Å². The Bertz CT molecular complexity index is 661. The van der Waals surface area contributed by atoms with E-state index in [4.69, 9.17) is 4.74 Å². The summed E-state index contributed by atoms with van der Waals surface area (Å²) >= 11 is 0. The lowest BCUT2D eigenvalue weighted by Gasteiger charge is -2.32. The normalized spacial score (nSPS) is 15.7. The van der Waals surface area contributed by atoms with Crippen molar-refractivity contribution in [1.82, 2.24) is 19.7 Å². The summed E-state index contributed by atoms with van der Waals surface area (Å²) in [6.07, 6.45) is 4.89. The van der Waals surface area contributed by atoms with E-state index in [2.05, 4.69) is 36.1 Å². The van der Waals surface area contributed by atoms with Crippen molar-refractivity contribution in [1.29, 1.82) is 0 Å². The van der Waals surface area contributed by atoms with Gasteiger partial charge in [0.05, 0.1) is 0 Å². The van der Waals surface area contributed by atoms with E-state index in [0.717, 1.165) is 31.7 Å². The first-order chi connectivity index (χ1) is 11.1. The number of rotatable bonds is 4. The molecule has 0 saturated carbocycles. The van der Waals surface area contributed by atoms with Crippen LogP contribution in [0.2, 0.25) is 0 Å². The number of carbonyl (C=O) groups excluding carboxylic acids is 1. The number of likely N-dealkylation sites (tertiary alicyclic amines) is 1. The minimum absolute atomic E-state index is 0.0835. The topological polar surface area (TPSA) is 60.2 Å². The third kappa shape index (κ3) is 3.88. The third-order valence-corrected chi connectivity index (χ3v) is 4.34. The van der Waals surface area contributed by atoms with Gasteiger partial charge in [0.15, 0.2) is 0 Å². The summed E-state index contributed by atoms with van der Waals surface area (Å²) in [4.78, 5) is 17.9. The molecule has 23 heavy (non-hydrogen) atoms. The van der Waals surface area contributed by atoms with Gasteiger partial charge in [0.1, 0.15) is 31.1 Å². The lowest BCUT2D eigenvalue weighted by Crippen LogP contribution is -2.43. The first-order valence-corrected chi connectivity index (χ1v) is 7.96. The Morgan fingerprint density at radius 1 is 1.26 bits per heavy atom. The van der Waals surface area contributed by atoms with E-state index in [1.165, 1.54) is 17.5 Å². The number of aromatic nitrogens is 3. The lowest BCUT2D eigenvalue weighted by atomic mass is 10.1. The largest absolute Gasteiger partial charge is 0.490 e. The molecule has 1 aliphatic rings. The van der Waals surface area contributed by atoms with E-state index < -0.39 is 0 Å². The van der Waals surface area contributed by atoms with Crippen LogP contribution < -0.4 is 4.74 Å². The van der Waals surface area contributed by atoms with Gasteiger partial charge in [-0.1, -0.05) is 6.07 Å². The molecule has 1 amide bonds. The standard InChI is InChI=1S/C17H22N4O2/c1-13-3-4-16(9-14(13)2)23-15-5-7-20(8-6-15)17(22)10-21-12-18-11-19-21/h3-4,9,11-12,15H,5-8,10H2,1-2H3. The highest BCUT2D eigenvalue weighted by Crippen LogP contribution is 2.21. The fraction of sp³-hybridized carbons (Fsp3) is 0.471. The molecule has 0 N–H and O–H groups in total. The highest BCUT2D eigenvalue weighted by Gasteiger charge is 2.24. The monoisotopic (exact) mass is 314 g/mol. The summed E-state index contributed by atoms with van der Waals surface area (Å²) in [5.74, 6) is 1.00. The maximum Gasteiger partial charge on any atom is 0.244 e. The van der Waals surface area contributed by atoms with Crippen LogP contribution in [0.1, 0.15) is 24.0 Å². The molecule has 0 unspecified atom stereocenters. The number of nitrogens with zero attached hydrogens (tertiary/aromatic N) is 4. The molecule has 1 aromatic heterocycles. The van der Waals surface area contributed by atoms with Gasteiger partial charge in [-0.05, 0) is 37.1 Å². The number of benzene rings is 1. The molecule has 2 aromatic rings. The van der Waals surface area contributed by atoms with Gasteiger partial charge in [-0.2, -0.15) is 5.10 Å². The predicted octanol–water partition coefficient (Wildman–Crippen LogP) is 1.96. The summed E-state index contributed by atoms with van der Waals surface area (Å²) in [5.41, 5.74) is 2.51. The van der Waals surface area contributed by atoms with E-state index in [1.807, 2.05) is 11.0 Å². The number of hydrogen-bond donors (Lipinski definition) is 0. The van der Waals surface area contributed by atoms with Crippen LogP contribution in [-0.4, -0.2) is 44.8 Å². The van der Waals surface area contributed by atoms with E-state index >= 15 is 0 Å². The van der Waals surface area contributed by atoms with Crippen molar-refractivity contribution in [3.63, 3.8) is 0 Å². The van der Waals surface area contributed by atoms with Gasteiger partial charge in [0, 0.05) is 25.9 Å². The maximum atomic E-state index is 12.2. The SMILES string of the molecule is Cc1ccc(OC2CCN(C(=O)Cn3cncn3)CC2)cc1C. The van der Waals surface area contributed by atoms with Crippen molar-refractivity contribution >= 4 is 5.91 Å². The van der Waals surface area contributed by atoms with Crippen LogP contribution in [0.25, 0.3) is 0 Å². The number of piperidine rings is 1. The number of carbonyl (C=O) groups is 1. The van der Waals surface area contributed by atoms with Crippen molar-refractivity contribution in [2.75, 3.05) is 13.1 Å². The van der Waals surface area contributed by atoms with Gasteiger partial charge in [-0.25, -0.2) is 9.67 Å². The molecule has 2 heterocycles. The lowest BCUT2D eigenvalue weighted by molar-refractivity contribution is -0.133. The summed E-state index contributed by atoms with van der Waals surface area (Å²) in [5, 5.41) is 3.97. The smallest absolute Gasteiger partial charge is 0.244 e. The number of hydrogen-bond acceptors (Lipinski definition) is 4. The second-order valence-electron chi connectivity index (χ2n) is 6.04. The molecule has 1 aromatic carbocycles. The number of amides is 1. The zero-order valence-electron chi connectivity index (χ0n) is 13.6. The fourth-order valence-corrected chi connectivity index (χ4v) is 2.76. The van der Waals surface area contributed by atoms with Crippen LogP contribution in [0.15, 0.2) is 30.9 Å². The molecule has 0 bridgehead atoms. The van der Waals surface area contributed by atoms with Crippen LogP contribution in [-0.2, 0) is 11.3 Å². The van der Waals surface area contributed by atoms with E-state index in [0.29, 0.717) is 0 Å². The minimum Gasteiger partial charge on any atom is -0.490 e. The van der Waals surface area contributed by atoms with Gasteiger partial charge < -0.3 is 9.64 Å². The van der Waals surface area contributed by atoms with Gasteiger partial charge in [0.25, 0.3) is 0 Å². The van der Waals surface area contributed by atoms with Crippen LogP contribution in [0, 0.1) is 13.8 Å². The summed E-state index contributed by atoms with van der Waals surface area (Å²) in [6.45, 7) is 5.89. The van der Waals surface area contributed by atoms with Crippen LogP contribution >= 0.6 is 0 Å². The zero-order valence-corrected chi connectivity index (χ0v) is 13.6. The molecule has 1 aliphatic heterocycles. The Balaban J connectivity index is 1.50. The first kappa shape index (κ1) is 15.5. The minimum atomic E-state index is 0.0835. The zero-order chi connectivity index (χ0) is 16.2. The van der Waals surface area contributed by atoms with Crippen molar-refractivity contribution in [3.8, 4) is 5.75 Å². The summed E-state index contributed by atoms with van der Waals surface area (Å²) in [7, 11) is 0. The van der Waals surface area contributed by atoms with E-state index in [-0.39, 0.29) is 18.6 Å². The van der Waals surface area contributed by atoms with Crippen molar-refractivity contribution in [3.05, 3.63) is 42.0 Å². The average Bonchev–Trinajstić information content (AvgIpc) is 3.04. The summed E-state index contributed by atoms with van der Waals surface area (Å²) < 4.78 is 7.62. The molecule has 3 rings (SSSR count). The molecule has 1 fully saturated rings. The van der Waals surface area contributed by atoms with Crippen LogP contribution in [0.3, 0.4) is 0 Å². The average molecular weight is 314 g/mol. The fourth-order valence-electron chi connectivity index (χ4n) is 2.76. The highest BCUT2D eigenvalue weighted by atomic mass is 16.5. The second-order valence-corrected chi connectivity index (χ2v) is 6.04. The Kier molecular flexibility index (Phi) is 4.60. The molecule has 0 spiro atoms. The molecule has 6 heteroatoms. The van der Waals surface area contributed by atoms with Crippen molar-refractivity contribution in [2.45, 2.75) is 39.3 Å². The quantitative estimate of drug-likeness (QED) is 0.865. The van der Waals surface area contributed by atoms with Gasteiger partial charge >= 0.3 is 0 Å². The van der Waals surface area contributed by atoms with Gasteiger partial charge in [-0.15, -0.1) is 0 Å². The molecule has 6 nitrogen and oxygen atoms in total. The molecule has 122 valence electrons. The molecule has 0 radical (unpaired) electrons. The first-order valence-electron chi connectivity index (χ1n) is 7.96. The molecular weight excluding hydrogens is 292 g/mol. The third-order valence-electron chi connectivity index (χ3n) is 4.34. The number of aryl methyl sites for hydroxylation is 2. The molecule has 1 saturated heterocycles. The number of ether oxygens (including phenoxy) is 1. The Morgan fingerprint density at radius 2 is 2.04 bits per heavy atom. The molecule has 0 atom stereocenters. The highest BCUT2D eigenvalue weighted by molar-refractivity contribution is 5.75. The molecular formula is C17H22N4O2. The van der Waals surface area contributed by atoms with Gasteiger partial charge in [0.2, 0.25) is 5.91 Å². The summed E-state index contributed by atoms with van der Waals surface area (Å²) in [6, 6.07) is 6.18. The Hall–Kier alpha value is -2.37. The maximum absolute atomic E-state index is 12.2.